The van der Waals surface area contributed by atoms with Gasteiger partial charge in [-0.25, -0.2) is 0 Å². The van der Waals surface area contributed by atoms with Crippen LogP contribution < -0.4 is 0 Å². The van der Waals surface area contributed by atoms with E-state index in [1.807, 2.05) is 31.2 Å². The Morgan fingerprint density at radius 2 is 1.82 bits per heavy atom. The highest BCUT2D eigenvalue weighted by Crippen LogP contribution is 2.26. The van der Waals surface area contributed by atoms with Crippen LogP contribution in [0, 0.1) is 18.3 Å². The first-order chi connectivity index (χ1) is 8.22. The molecule has 2 aromatic rings. The van der Waals surface area contributed by atoms with E-state index in [2.05, 4.69) is 37.3 Å². The van der Waals surface area contributed by atoms with E-state index in [-0.39, 0.29) is 5.92 Å². The summed E-state index contributed by atoms with van der Waals surface area (Å²) >= 11 is 0. The Morgan fingerprint density at radius 3 is 2.53 bits per heavy atom. The molecule has 84 valence electrons. The van der Waals surface area contributed by atoms with Crippen LogP contribution in [0.1, 0.15) is 24.0 Å². The zero-order valence-corrected chi connectivity index (χ0v) is 10.1. The second-order valence-electron chi connectivity index (χ2n) is 4.29. The van der Waals surface area contributed by atoms with Crippen LogP contribution in [0.15, 0.2) is 48.5 Å². The quantitative estimate of drug-likeness (QED) is 0.742. The SMILES string of the molecule is Cc1ccccc1-c1cccc(C(C)C#N)c1. The molecule has 1 unspecified atom stereocenters. The third kappa shape index (κ3) is 2.37. The molecule has 2 rings (SSSR count). The minimum Gasteiger partial charge on any atom is -0.198 e. The van der Waals surface area contributed by atoms with Gasteiger partial charge in [-0.3, -0.25) is 0 Å². The number of rotatable bonds is 2. The molecule has 2 aromatic carbocycles. The van der Waals surface area contributed by atoms with Gasteiger partial charge in [-0.2, -0.15) is 5.26 Å². The molecule has 1 nitrogen and oxygen atoms in total. The topological polar surface area (TPSA) is 23.8 Å². The summed E-state index contributed by atoms with van der Waals surface area (Å²) in [4.78, 5) is 0. The number of nitriles is 1. The average Bonchev–Trinajstić information content (AvgIpc) is 2.38. The van der Waals surface area contributed by atoms with Crippen molar-refractivity contribution in [2.75, 3.05) is 0 Å². The van der Waals surface area contributed by atoms with Crippen LogP contribution in [-0.4, -0.2) is 0 Å². The molecular weight excluding hydrogens is 206 g/mol. The molecule has 0 aliphatic carbocycles. The van der Waals surface area contributed by atoms with Crippen molar-refractivity contribution < 1.29 is 0 Å². The molecule has 0 aliphatic heterocycles. The summed E-state index contributed by atoms with van der Waals surface area (Å²) in [6, 6.07) is 18.8. The van der Waals surface area contributed by atoms with Crippen molar-refractivity contribution in [2.45, 2.75) is 19.8 Å². The van der Waals surface area contributed by atoms with Gasteiger partial charge >= 0.3 is 0 Å². The maximum atomic E-state index is 8.95. The van der Waals surface area contributed by atoms with E-state index in [0.717, 1.165) is 5.56 Å². The van der Waals surface area contributed by atoms with Crippen molar-refractivity contribution in [1.82, 2.24) is 0 Å². The summed E-state index contributed by atoms with van der Waals surface area (Å²) in [5.74, 6) is -0.0565. The Hall–Kier alpha value is -2.07. The van der Waals surface area contributed by atoms with E-state index < -0.39 is 0 Å². The van der Waals surface area contributed by atoms with Crippen LogP contribution in [0.4, 0.5) is 0 Å². The largest absolute Gasteiger partial charge is 0.198 e. The van der Waals surface area contributed by atoms with Crippen LogP contribution in [0.25, 0.3) is 11.1 Å². The maximum absolute atomic E-state index is 8.95. The summed E-state index contributed by atoms with van der Waals surface area (Å²) in [5.41, 5.74) is 4.75. The summed E-state index contributed by atoms with van der Waals surface area (Å²) in [6.45, 7) is 4.03. The molecule has 0 saturated heterocycles. The monoisotopic (exact) mass is 221 g/mol. The predicted octanol–water partition coefficient (Wildman–Crippen LogP) is 4.29. The number of hydrogen-bond donors (Lipinski definition) is 0. The van der Waals surface area contributed by atoms with E-state index in [9.17, 15) is 0 Å². The van der Waals surface area contributed by atoms with Crippen LogP contribution in [0.5, 0.6) is 0 Å². The first-order valence-electron chi connectivity index (χ1n) is 5.78. The molecule has 1 heteroatoms. The van der Waals surface area contributed by atoms with Gasteiger partial charge < -0.3 is 0 Å². The molecule has 1 atom stereocenters. The van der Waals surface area contributed by atoms with Crippen LogP contribution in [0.3, 0.4) is 0 Å². The van der Waals surface area contributed by atoms with Crippen molar-refractivity contribution in [3.8, 4) is 17.2 Å². The van der Waals surface area contributed by atoms with Gasteiger partial charge in [0.2, 0.25) is 0 Å². The first kappa shape index (κ1) is 11.4. The highest BCUT2D eigenvalue weighted by Gasteiger charge is 2.06. The van der Waals surface area contributed by atoms with Crippen molar-refractivity contribution in [3.63, 3.8) is 0 Å². The first-order valence-corrected chi connectivity index (χ1v) is 5.78. The van der Waals surface area contributed by atoms with Crippen LogP contribution >= 0.6 is 0 Å². The van der Waals surface area contributed by atoms with Crippen molar-refractivity contribution in [1.29, 1.82) is 5.26 Å². The number of hydrogen-bond acceptors (Lipinski definition) is 1. The Morgan fingerprint density at radius 1 is 1.06 bits per heavy atom. The lowest BCUT2D eigenvalue weighted by Crippen LogP contribution is -1.90. The molecular formula is C16H15N. The minimum absolute atomic E-state index is 0.0565. The molecule has 0 N–H and O–H groups in total. The smallest absolute Gasteiger partial charge is 0.0700 e. The summed E-state index contributed by atoms with van der Waals surface area (Å²) in [7, 11) is 0. The Kier molecular flexibility index (Phi) is 3.25. The molecule has 0 saturated carbocycles. The van der Waals surface area contributed by atoms with Gasteiger partial charge in [-0.05, 0) is 42.2 Å². The van der Waals surface area contributed by atoms with Gasteiger partial charge in [0.25, 0.3) is 0 Å². The predicted molar refractivity (Wildman–Crippen MR) is 70.6 cm³/mol. The molecule has 17 heavy (non-hydrogen) atoms. The van der Waals surface area contributed by atoms with E-state index in [1.54, 1.807) is 0 Å². The standard InChI is InChI=1S/C16H15N/c1-12-6-3-4-9-16(12)15-8-5-7-14(10-15)13(2)11-17/h3-10,13H,1-2H3. The van der Waals surface area contributed by atoms with Crippen molar-refractivity contribution in [2.24, 2.45) is 0 Å². The molecule has 0 fully saturated rings. The Labute approximate surface area is 102 Å². The molecule has 0 heterocycles. The summed E-state index contributed by atoms with van der Waals surface area (Å²) in [6.07, 6.45) is 0. The van der Waals surface area contributed by atoms with E-state index in [1.165, 1.54) is 16.7 Å². The Balaban J connectivity index is 2.48. The minimum atomic E-state index is -0.0565. The molecule has 0 amide bonds. The van der Waals surface area contributed by atoms with Crippen molar-refractivity contribution in [3.05, 3.63) is 59.7 Å². The van der Waals surface area contributed by atoms with Crippen LogP contribution in [-0.2, 0) is 0 Å². The zero-order valence-electron chi connectivity index (χ0n) is 10.1. The summed E-state index contributed by atoms with van der Waals surface area (Å²) in [5, 5.41) is 8.95. The number of aryl methyl sites for hydroxylation is 1. The number of nitrogens with zero attached hydrogens (tertiary/aromatic N) is 1. The van der Waals surface area contributed by atoms with Gasteiger partial charge in [-0.15, -0.1) is 0 Å². The maximum Gasteiger partial charge on any atom is 0.0700 e. The Bertz CT molecular complexity index is 564. The van der Waals surface area contributed by atoms with Gasteiger partial charge in [-0.1, -0.05) is 42.5 Å². The molecule has 0 radical (unpaired) electrons. The van der Waals surface area contributed by atoms with Gasteiger partial charge in [0.1, 0.15) is 0 Å². The fourth-order valence-electron chi connectivity index (χ4n) is 1.95. The van der Waals surface area contributed by atoms with Gasteiger partial charge in [0.15, 0.2) is 0 Å². The van der Waals surface area contributed by atoms with Crippen LogP contribution in [0.2, 0.25) is 0 Å². The average molecular weight is 221 g/mol. The lowest BCUT2D eigenvalue weighted by molar-refractivity contribution is 0.982. The highest BCUT2D eigenvalue weighted by atomic mass is 14.3. The highest BCUT2D eigenvalue weighted by molar-refractivity contribution is 5.67. The van der Waals surface area contributed by atoms with E-state index in [4.69, 9.17) is 5.26 Å². The van der Waals surface area contributed by atoms with Gasteiger partial charge in [0, 0.05) is 0 Å². The third-order valence-corrected chi connectivity index (χ3v) is 3.04. The lowest BCUT2D eigenvalue weighted by Gasteiger charge is -2.09. The van der Waals surface area contributed by atoms with E-state index >= 15 is 0 Å². The summed E-state index contributed by atoms with van der Waals surface area (Å²) < 4.78 is 0. The zero-order chi connectivity index (χ0) is 12.3. The molecule has 0 aromatic heterocycles. The molecule has 0 bridgehead atoms. The normalized spacial score (nSPS) is 11.8. The fourth-order valence-corrected chi connectivity index (χ4v) is 1.95. The lowest BCUT2D eigenvalue weighted by atomic mass is 9.95. The second-order valence-corrected chi connectivity index (χ2v) is 4.29. The van der Waals surface area contributed by atoms with E-state index in [0.29, 0.717) is 0 Å². The molecule has 0 aliphatic rings. The van der Waals surface area contributed by atoms with Gasteiger partial charge in [0.05, 0.1) is 12.0 Å². The fraction of sp³-hybridized carbons (Fsp3) is 0.188. The molecule has 0 spiro atoms. The second kappa shape index (κ2) is 4.84. The van der Waals surface area contributed by atoms with Crippen molar-refractivity contribution >= 4 is 0 Å². The number of benzene rings is 2. The third-order valence-electron chi connectivity index (χ3n) is 3.04.